The third-order valence-corrected chi connectivity index (χ3v) is 3.81. The molecule has 0 saturated heterocycles. The maximum Gasteiger partial charge on any atom is 0.0754 e. The quantitative estimate of drug-likeness (QED) is 0.375. The van der Waals surface area contributed by atoms with E-state index in [0.717, 1.165) is 44.3 Å². The highest BCUT2D eigenvalue weighted by Crippen LogP contribution is 2.33. The van der Waals surface area contributed by atoms with E-state index in [1.807, 2.05) is 0 Å². The number of hydrogen-bond acceptors (Lipinski definition) is 3. The van der Waals surface area contributed by atoms with Gasteiger partial charge in [-0.3, -0.25) is 0 Å². The van der Waals surface area contributed by atoms with Crippen molar-refractivity contribution < 1.29 is 5.21 Å². The molecular weight excluding hydrogens is 260 g/mol. The molecule has 0 amide bonds. The van der Waals surface area contributed by atoms with Gasteiger partial charge < -0.3 is 10.1 Å². The summed E-state index contributed by atoms with van der Waals surface area (Å²) in [6.07, 6.45) is 5.80. The maximum absolute atomic E-state index is 8.86. The van der Waals surface area contributed by atoms with Crippen molar-refractivity contribution in [1.82, 2.24) is 0 Å². The molecule has 4 heteroatoms. The van der Waals surface area contributed by atoms with Crippen LogP contribution in [-0.2, 0) is 12.8 Å². The minimum Gasteiger partial charge on any atom is -0.411 e. The third-order valence-electron chi connectivity index (χ3n) is 3.54. The summed E-state index contributed by atoms with van der Waals surface area (Å²) in [5, 5.41) is 12.1. The van der Waals surface area contributed by atoms with Crippen molar-refractivity contribution in [3.8, 4) is 0 Å². The van der Waals surface area contributed by atoms with Gasteiger partial charge in [-0.15, -0.1) is 11.6 Å². The van der Waals surface area contributed by atoms with E-state index in [0.29, 0.717) is 5.88 Å². The molecule has 1 aliphatic heterocycles. The van der Waals surface area contributed by atoms with Crippen molar-refractivity contribution in [2.45, 2.75) is 32.6 Å². The number of alkyl halides is 1. The van der Waals surface area contributed by atoms with Crippen molar-refractivity contribution in [2.75, 3.05) is 23.9 Å². The summed E-state index contributed by atoms with van der Waals surface area (Å²) in [5.41, 5.74) is 4.95. The number of benzene rings is 1. The molecular formula is C15H21ClN2O. The van der Waals surface area contributed by atoms with E-state index in [1.54, 1.807) is 6.21 Å². The van der Waals surface area contributed by atoms with Crippen LogP contribution in [0.2, 0.25) is 0 Å². The molecule has 0 radical (unpaired) electrons. The van der Waals surface area contributed by atoms with Gasteiger partial charge in [-0.05, 0) is 36.5 Å². The number of anilines is 1. The van der Waals surface area contributed by atoms with E-state index < -0.39 is 0 Å². The Bertz CT molecular complexity index is 460. The average Bonchev–Trinajstić information content (AvgIpc) is 2.80. The smallest absolute Gasteiger partial charge is 0.0754 e. The van der Waals surface area contributed by atoms with E-state index in [4.69, 9.17) is 16.8 Å². The summed E-state index contributed by atoms with van der Waals surface area (Å²) in [6.45, 7) is 4.18. The first-order valence-electron chi connectivity index (χ1n) is 6.94. The zero-order chi connectivity index (χ0) is 13.7. The van der Waals surface area contributed by atoms with Crippen LogP contribution in [0.3, 0.4) is 0 Å². The minimum absolute atomic E-state index is 0.684. The second-order valence-corrected chi connectivity index (χ2v) is 5.34. The van der Waals surface area contributed by atoms with Crippen molar-refractivity contribution in [3.63, 3.8) is 0 Å². The second kappa shape index (κ2) is 6.80. The van der Waals surface area contributed by atoms with Crippen LogP contribution in [0.15, 0.2) is 17.3 Å². The van der Waals surface area contributed by atoms with Crippen LogP contribution in [0.1, 0.15) is 36.5 Å². The fourth-order valence-corrected chi connectivity index (χ4v) is 2.92. The molecule has 1 heterocycles. The van der Waals surface area contributed by atoms with Crippen LogP contribution < -0.4 is 4.90 Å². The predicted molar refractivity (Wildman–Crippen MR) is 81.1 cm³/mol. The topological polar surface area (TPSA) is 35.8 Å². The molecule has 1 N–H and O–H groups in total. The number of fused-ring (bicyclic) bond motifs is 1. The number of rotatable bonds is 6. The van der Waals surface area contributed by atoms with Crippen molar-refractivity contribution in [1.29, 1.82) is 0 Å². The average molecular weight is 281 g/mol. The lowest BCUT2D eigenvalue weighted by atomic mass is 10.0. The number of oxime groups is 1. The molecule has 1 aliphatic rings. The molecule has 0 spiro atoms. The van der Waals surface area contributed by atoms with Crippen LogP contribution in [0, 0.1) is 0 Å². The van der Waals surface area contributed by atoms with E-state index >= 15 is 0 Å². The highest BCUT2D eigenvalue weighted by atomic mass is 35.5. The molecule has 0 atom stereocenters. The zero-order valence-corrected chi connectivity index (χ0v) is 12.2. The van der Waals surface area contributed by atoms with E-state index in [1.165, 1.54) is 16.8 Å². The summed E-state index contributed by atoms with van der Waals surface area (Å²) >= 11 is 5.78. The fourth-order valence-electron chi connectivity index (χ4n) is 2.80. The van der Waals surface area contributed by atoms with Gasteiger partial charge in [-0.2, -0.15) is 0 Å². The molecule has 0 unspecified atom stereocenters. The number of hydrogen-bond donors (Lipinski definition) is 1. The molecule has 0 aromatic heterocycles. The largest absolute Gasteiger partial charge is 0.411 e. The Balaban J connectivity index is 2.33. The summed E-state index contributed by atoms with van der Waals surface area (Å²) < 4.78 is 0. The third kappa shape index (κ3) is 3.21. The van der Waals surface area contributed by atoms with Gasteiger partial charge in [0.05, 0.1) is 6.21 Å². The van der Waals surface area contributed by atoms with Crippen LogP contribution in [0.25, 0.3) is 0 Å². The van der Waals surface area contributed by atoms with Crippen molar-refractivity contribution >= 4 is 23.5 Å². The van der Waals surface area contributed by atoms with Gasteiger partial charge in [0.15, 0.2) is 0 Å². The van der Waals surface area contributed by atoms with E-state index in [-0.39, 0.29) is 0 Å². The van der Waals surface area contributed by atoms with E-state index in [9.17, 15) is 0 Å². The van der Waals surface area contributed by atoms with Gasteiger partial charge in [0.1, 0.15) is 0 Å². The van der Waals surface area contributed by atoms with E-state index in [2.05, 4.69) is 29.1 Å². The predicted octanol–water partition coefficient (Wildman–Crippen LogP) is 3.44. The Labute approximate surface area is 119 Å². The summed E-state index contributed by atoms with van der Waals surface area (Å²) in [4.78, 5) is 2.35. The van der Waals surface area contributed by atoms with Gasteiger partial charge in [0, 0.05) is 30.2 Å². The van der Waals surface area contributed by atoms with Crippen LogP contribution in [0.5, 0.6) is 0 Å². The first-order valence-corrected chi connectivity index (χ1v) is 7.47. The van der Waals surface area contributed by atoms with Crippen LogP contribution in [-0.4, -0.2) is 30.4 Å². The summed E-state index contributed by atoms with van der Waals surface area (Å²) in [6, 6.07) is 4.44. The van der Waals surface area contributed by atoms with Crippen molar-refractivity contribution in [2.24, 2.45) is 5.16 Å². The molecule has 1 aromatic rings. The minimum atomic E-state index is 0.684. The van der Waals surface area contributed by atoms with Crippen LogP contribution >= 0.6 is 11.6 Å². The molecule has 1 aromatic carbocycles. The summed E-state index contributed by atoms with van der Waals surface area (Å²) in [7, 11) is 0. The molecule has 0 aliphatic carbocycles. The lowest BCUT2D eigenvalue weighted by Gasteiger charge is -2.21. The second-order valence-electron chi connectivity index (χ2n) is 4.97. The number of nitrogens with zero attached hydrogens (tertiary/aromatic N) is 2. The van der Waals surface area contributed by atoms with Crippen LogP contribution in [0.4, 0.5) is 5.69 Å². The number of halogens is 1. The van der Waals surface area contributed by atoms with Gasteiger partial charge in [0.2, 0.25) is 0 Å². The molecule has 2 rings (SSSR count). The highest BCUT2D eigenvalue weighted by molar-refractivity contribution is 6.17. The molecule has 104 valence electrons. The molecule has 0 fully saturated rings. The van der Waals surface area contributed by atoms with Crippen molar-refractivity contribution in [3.05, 3.63) is 28.8 Å². The van der Waals surface area contributed by atoms with Gasteiger partial charge in [-0.1, -0.05) is 24.6 Å². The summed E-state index contributed by atoms with van der Waals surface area (Å²) in [5.74, 6) is 0.684. The lowest BCUT2D eigenvalue weighted by Crippen LogP contribution is -2.23. The number of aryl methyl sites for hydroxylation is 1. The maximum atomic E-state index is 8.86. The van der Waals surface area contributed by atoms with Gasteiger partial charge in [-0.25, -0.2) is 0 Å². The monoisotopic (exact) mass is 280 g/mol. The fraction of sp³-hybridized carbons (Fsp3) is 0.533. The Morgan fingerprint density at radius 3 is 3.00 bits per heavy atom. The first-order chi connectivity index (χ1) is 9.30. The molecule has 19 heavy (non-hydrogen) atoms. The normalized spacial score (nSPS) is 14.3. The Kier molecular flexibility index (Phi) is 5.08. The highest BCUT2D eigenvalue weighted by Gasteiger charge is 2.22. The van der Waals surface area contributed by atoms with Gasteiger partial charge >= 0.3 is 0 Å². The molecule has 3 nitrogen and oxygen atoms in total. The molecule has 0 saturated carbocycles. The van der Waals surface area contributed by atoms with Gasteiger partial charge in [0.25, 0.3) is 0 Å². The Morgan fingerprint density at radius 1 is 1.47 bits per heavy atom. The zero-order valence-electron chi connectivity index (χ0n) is 11.4. The first kappa shape index (κ1) is 14.2. The standard InChI is InChI=1S/C15H21ClN2O/c1-2-4-12-9-13-5-8-18(7-3-6-16)15(13)14(10-12)11-17-19/h9-11,19H,2-8H2,1H3/b17-11+. The SMILES string of the molecule is CCCc1cc(/C=N/O)c2c(c1)CCN2CCCCl. The lowest BCUT2D eigenvalue weighted by molar-refractivity contribution is 0.322. The molecule has 0 bridgehead atoms. The Morgan fingerprint density at radius 2 is 2.32 bits per heavy atom. The Hall–Kier alpha value is -1.22.